The minimum atomic E-state index is -0.658. The second-order valence-electron chi connectivity index (χ2n) is 9.03. The van der Waals surface area contributed by atoms with Crippen molar-refractivity contribution >= 4 is 46.8 Å². The molecular weight excluding hydrogens is 511 g/mol. The van der Waals surface area contributed by atoms with Crippen molar-refractivity contribution in [1.82, 2.24) is 10.2 Å². The second kappa shape index (κ2) is 14.3. The topological polar surface area (TPSA) is 49.4 Å². The maximum absolute atomic E-state index is 13.6. The monoisotopic (exact) mass is 542 g/mol. The van der Waals surface area contributed by atoms with Crippen LogP contribution in [0.5, 0.6) is 0 Å². The zero-order chi connectivity index (χ0) is 25.9. The molecule has 0 radical (unpaired) electrons. The molecule has 7 heteroatoms. The first kappa shape index (κ1) is 28.1. The molecule has 0 aliphatic heterocycles. The minimum Gasteiger partial charge on any atom is -0.354 e. The Morgan fingerprint density at radius 1 is 0.889 bits per heavy atom. The summed E-state index contributed by atoms with van der Waals surface area (Å²) in [6, 6.07) is 24.5. The smallest absolute Gasteiger partial charge is 0.243 e. The van der Waals surface area contributed by atoms with E-state index in [4.69, 9.17) is 23.2 Å². The average Bonchev–Trinajstić information content (AvgIpc) is 2.88. The lowest BCUT2D eigenvalue weighted by atomic mass is 10.0. The van der Waals surface area contributed by atoms with Crippen molar-refractivity contribution < 1.29 is 9.59 Å². The van der Waals surface area contributed by atoms with E-state index in [-0.39, 0.29) is 18.4 Å². The summed E-state index contributed by atoms with van der Waals surface area (Å²) >= 11 is 14.0. The summed E-state index contributed by atoms with van der Waals surface area (Å²) in [7, 11) is 0. The molecule has 1 unspecified atom stereocenters. The lowest BCUT2D eigenvalue weighted by molar-refractivity contribution is -0.141. The zero-order valence-corrected chi connectivity index (χ0v) is 23.0. The van der Waals surface area contributed by atoms with E-state index in [0.29, 0.717) is 41.1 Å². The van der Waals surface area contributed by atoms with Gasteiger partial charge < -0.3 is 10.2 Å². The number of thioether (sulfide) groups is 1. The summed E-state index contributed by atoms with van der Waals surface area (Å²) in [5, 5.41) is 3.91. The van der Waals surface area contributed by atoms with Gasteiger partial charge in [0.15, 0.2) is 0 Å². The minimum absolute atomic E-state index is 0.0786. The van der Waals surface area contributed by atoms with E-state index in [0.717, 1.165) is 16.0 Å². The van der Waals surface area contributed by atoms with Crippen molar-refractivity contribution in [2.45, 2.75) is 44.2 Å². The van der Waals surface area contributed by atoms with Crippen LogP contribution in [0.15, 0.2) is 83.8 Å². The summed E-state index contributed by atoms with van der Waals surface area (Å²) in [5.41, 5.74) is 1.82. The third kappa shape index (κ3) is 8.88. The van der Waals surface area contributed by atoms with Crippen LogP contribution in [0.1, 0.15) is 31.4 Å². The first-order chi connectivity index (χ1) is 17.3. The number of nitrogens with one attached hydrogen (secondary N) is 1. The largest absolute Gasteiger partial charge is 0.354 e. The summed E-state index contributed by atoms with van der Waals surface area (Å²) in [5.74, 6) is 0.682. The Bertz CT molecular complexity index is 1130. The van der Waals surface area contributed by atoms with Gasteiger partial charge in [-0.05, 0) is 41.3 Å². The Morgan fingerprint density at radius 3 is 2.19 bits per heavy atom. The van der Waals surface area contributed by atoms with Gasteiger partial charge in [-0.3, -0.25) is 9.59 Å². The molecule has 0 heterocycles. The molecule has 1 N–H and O–H groups in total. The molecule has 0 spiro atoms. The van der Waals surface area contributed by atoms with Gasteiger partial charge in [0.05, 0.1) is 10.0 Å². The molecule has 0 fully saturated rings. The van der Waals surface area contributed by atoms with Crippen molar-refractivity contribution in [3.63, 3.8) is 0 Å². The number of rotatable bonds is 12. The molecule has 3 rings (SSSR count). The van der Waals surface area contributed by atoms with Crippen molar-refractivity contribution in [2.75, 3.05) is 12.3 Å². The van der Waals surface area contributed by atoms with E-state index in [9.17, 15) is 9.59 Å². The standard InChI is InChI=1S/C29H32Cl2N2O2S/c1-21(2)19-32-29(35)27(18-22-9-5-3-6-10-22)33(20-23-13-14-25(30)26(31)17-23)28(34)15-16-36-24-11-7-4-8-12-24/h3-14,17,21,27H,15-16,18-20H2,1-2H3,(H,32,35). The van der Waals surface area contributed by atoms with Crippen LogP contribution >= 0.6 is 35.0 Å². The number of benzene rings is 3. The van der Waals surface area contributed by atoms with Gasteiger partial charge in [-0.15, -0.1) is 11.8 Å². The molecule has 3 aromatic rings. The molecular formula is C29H32Cl2N2O2S. The van der Waals surface area contributed by atoms with Crippen LogP contribution in [0.3, 0.4) is 0 Å². The second-order valence-corrected chi connectivity index (χ2v) is 11.0. The van der Waals surface area contributed by atoms with Gasteiger partial charge in [0.25, 0.3) is 0 Å². The van der Waals surface area contributed by atoms with Crippen molar-refractivity contribution in [3.8, 4) is 0 Å². The Balaban J connectivity index is 1.86. The van der Waals surface area contributed by atoms with E-state index in [1.54, 1.807) is 28.8 Å². The number of halogens is 2. The van der Waals surface area contributed by atoms with Crippen LogP contribution in [0.4, 0.5) is 0 Å². The molecule has 190 valence electrons. The van der Waals surface area contributed by atoms with Gasteiger partial charge in [-0.2, -0.15) is 0 Å². The average molecular weight is 544 g/mol. The molecule has 36 heavy (non-hydrogen) atoms. The number of amides is 2. The SMILES string of the molecule is CC(C)CNC(=O)C(Cc1ccccc1)N(Cc1ccc(Cl)c(Cl)c1)C(=O)CCSc1ccccc1. The van der Waals surface area contributed by atoms with E-state index in [2.05, 4.69) is 5.32 Å². The molecule has 0 saturated heterocycles. The van der Waals surface area contributed by atoms with Crippen molar-refractivity contribution in [1.29, 1.82) is 0 Å². The molecule has 0 aromatic heterocycles. The Hall–Kier alpha value is -2.47. The highest BCUT2D eigenvalue weighted by Gasteiger charge is 2.30. The fourth-order valence-electron chi connectivity index (χ4n) is 3.73. The third-order valence-corrected chi connectivity index (χ3v) is 7.37. The van der Waals surface area contributed by atoms with Crippen LogP contribution in [0, 0.1) is 5.92 Å². The number of carbonyl (C=O) groups excluding carboxylic acids is 2. The highest BCUT2D eigenvalue weighted by Crippen LogP contribution is 2.25. The summed E-state index contributed by atoms with van der Waals surface area (Å²) in [6.07, 6.45) is 0.729. The summed E-state index contributed by atoms with van der Waals surface area (Å²) < 4.78 is 0. The van der Waals surface area contributed by atoms with Crippen molar-refractivity contribution in [3.05, 3.63) is 100 Å². The maximum Gasteiger partial charge on any atom is 0.243 e. The highest BCUT2D eigenvalue weighted by molar-refractivity contribution is 7.99. The summed E-state index contributed by atoms with van der Waals surface area (Å²) in [4.78, 5) is 29.9. The Labute approximate surface area is 228 Å². The van der Waals surface area contributed by atoms with E-state index in [1.807, 2.05) is 80.6 Å². The Kier molecular flexibility index (Phi) is 11.2. The zero-order valence-electron chi connectivity index (χ0n) is 20.6. The normalized spacial score (nSPS) is 11.8. The van der Waals surface area contributed by atoms with Gasteiger partial charge in [0.1, 0.15) is 6.04 Å². The van der Waals surface area contributed by atoms with E-state index < -0.39 is 6.04 Å². The number of hydrogen-bond acceptors (Lipinski definition) is 3. The maximum atomic E-state index is 13.6. The molecule has 0 saturated carbocycles. The van der Waals surface area contributed by atoms with Gasteiger partial charge in [-0.1, -0.05) is 91.6 Å². The quantitative estimate of drug-likeness (QED) is 0.253. The first-order valence-electron chi connectivity index (χ1n) is 12.1. The summed E-state index contributed by atoms with van der Waals surface area (Å²) in [6.45, 7) is 4.90. The van der Waals surface area contributed by atoms with E-state index >= 15 is 0 Å². The van der Waals surface area contributed by atoms with Crippen molar-refractivity contribution in [2.24, 2.45) is 5.92 Å². The number of nitrogens with zero attached hydrogens (tertiary/aromatic N) is 1. The van der Waals surface area contributed by atoms with Crippen LogP contribution in [0.25, 0.3) is 0 Å². The number of carbonyl (C=O) groups is 2. The van der Waals surface area contributed by atoms with Crippen LogP contribution in [-0.2, 0) is 22.6 Å². The fourth-order valence-corrected chi connectivity index (χ4v) is 4.91. The molecule has 0 bridgehead atoms. The van der Waals surface area contributed by atoms with Crippen LogP contribution in [0.2, 0.25) is 10.0 Å². The first-order valence-corrected chi connectivity index (χ1v) is 13.8. The molecule has 3 aromatic carbocycles. The van der Waals surface area contributed by atoms with Gasteiger partial charge in [0, 0.05) is 36.6 Å². The van der Waals surface area contributed by atoms with Crippen LogP contribution < -0.4 is 5.32 Å². The molecule has 4 nitrogen and oxygen atoms in total. The predicted octanol–water partition coefficient (Wildman–Crippen LogP) is 6.89. The van der Waals surface area contributed by atoms with Crippen LogP contribution in [-0.4, -0.2) is 35.1 Å². The lowest BCUT2D eigenvalue weighted by Crippen LogP contribution is -2.51. The molecule has 0 aliphatic rings. The lowest BCUT2D eigenvalue weighted by Gasteiger charge is -2.32. The highest BCUT2D eigenvalue weighted by atomic mass is 35.5. The fraction of sp³-hybridized carbons (Fsp3) is 0.310. The van der Waals surface area contributed by atoms with Gasteiger partial charge >= 0.3 is 0 Å². The molecule has 1 atom stereocenters. The molecule has 0 aliphatic carbocycles. The Morgan fingerprint density at radius 2 is 1.56 bits per heavy atom. The van der Waals surface area contributed by atoms with Gasteiger partial charge in [0.2, 0.25) is 11.8 Å². The van der Waals surface area contributed by atoms with E-state index in [1.165, 1.54) is 0 Å². The third-order valence-electron chi connectivity index (χ3n) is 5.62. The van der Waals surface area contributed by atoms with Gasteiger partial charge in [-0.25, -0.2) is 0 Å². The molecule has 2 amide bonds. The number of hydrogen-bond donors (Lipinski definition) is 1. The predicted molar refractivity (Wildman–Crippen MR) is 151 cm³/mol.